The van der Waals surface area contributed by atoms with Gasteiger partial charge in [-0.1, -0.05) is 55.1 Å². The van der Waals surface area contributed by atoms with Crippen molar-refractivity contribution in [3.8, 4) is 11.5 Å². The summed E-state index contributed by atoms with van der Waals surface area (Å²) in [6.07, 6.45) is 0. The number of aliphatic hydroxyl groups excluding tert-OH is 1. The normalized spacial score (nSPS) is 10.7. The Bertz CT molecular complexity index is 920. The first-order chi connectivity index (χ1) is 13.1. The van der Waals surface area contributed by atoms with Gasteiger partial charge in [-0.15, -0.1) is 0 Å². The summed E-state index contributed by atoms with van der Waals surface area (Å²) in [5.74, 6) is 1.00. The van der Waals surface area contributed by atoms with Gasteiger partial charge in [-0.25, -0.2) is 4.79 Å². The smallest absolute Gasteiger partial charge is 0.333 e. The summed E-state index contributed by atoms with van der Waals surface area (Å²) in [6.45, 7) is 5.68. The van der Waals surface area contributed by atoms with Crippen molar-refractivity contribution in [2.45, 2.75) is 6.92 Å². The molecule has 140 valence electrons. The molecule has 5 nitrogen and oxygen atoms in total. The molecule has 0 saturated heterocycles. The molecule has 3 aromatic carbocycles. The summed E-state index contributed by atoms with van der Waals surface area (Å²) < 4.78 is 17.0. The first-order valence-corrected chi connectivity index (χ1v) is 8.76. The van der Waals surface area contributed by atoms with Crippen LogP contribution in [0.1, 0.15) is 6.92 Å². The molecule has 0 aromatic heterocycles. The predicted molar refractivity (Wildman–Crippen MR) is 105 cm³/mol. The van der Waals surface area contributed by atoms with Gasteiger partial charge in [-0.2, -0.15) is 0 Å². The van der Waals surface area contributed by atoms with Crippen molar-refractivity contribution < 1.29 is 24.1 Å². The Labute approximate surface area is 157 Å². The molecule has 0 saturated carbocycles. The molecule has 0 unspecified atom stereocenters. The van der Waals surface area contributed by atoms with Crippen LogP contribution in [0.4, 0.5) is 0 Å². The average molecular weight is 366 g/mol. The van der Waals surface area contributed by atoms with E-state index in [1.165, 1.54) is 0 Å². The van der Waals surface area contributed by atoms with E-state index in [4.69, 9.17) is 19.3 Å². The van der Waals surface area contributed by atoms with Crippen molar-refractivity contribution in [1.29, 1.82) is 0 Å². The fraction of sp³-hybridized carbons (Fsp3) is 0.227. The van der Waals surface area contributed by atoms with Crippen LogP contribution in [0.3, 0.4) is 0 Å². The van der Waals surface area contributed by atoms with Crippen LogP contribution < -0.4 is 9.47 Å². The van der Waals surface area contributed by atoms with E-state index in [0.717, 1.165) is 27.3 Å². The molecule has 0 spiro atoms. The van der Waals surface area contributed by atoms with E-state index in [0.29, 0.717) is 11.3 Å². The first kappa shape index (κ1) is 18.7. The summed E-state index contributed by atoms with van der Waals surface area (Å²) in [7, 11) is 0. The molecular formula is C22H22O5. The molecular weight excluding hydrogens is 344 g/mol. The topological polar surface area (TPSA) is 65.0 Å². The van der Waals surface area contributed by atoms with Crippen molar-refractivity contribution in [3.05, 3.63) is 60.7 Å². The average Bonchev–Trinajstić information content (AvgIpc) is 2.69. The van der Waals surface area contributed by atoms with Gasteiger partial charge in [0.1, 0.15) is 31.3 Å². The van der Waals surface area contributed by atoms with E-state index in [2.05, 4.69) is 6.58 Å². The van der Waals surface area contributed by atoms with Crippen molar-refractivity contribution in [3.63, 3.8) is 0 Å². The molecule has 3 rings (SSSR count). The largest absolute Gasteiger partial charge is 0.490 e. The maximum absolute atomic E-state index is 11.5. The number of esters is 1. The van der Waals surface area contributed by atoms with Gasteiger partial charge in [-0.05, 0) is 6.92 Å². The van der Waals surface area contributed by atoms with Crippen LogP contribution in [0.2, 0.25) is 0 Å². The summed E-state index contributed by atoms with van der Waals surface area (Å²) in [6, 6.07) is 15.6. The van der Waals surface area contributed by atoms with Crippen molar-refractivity contribution in [2.75, 3.05) is 26.4 Å². The van der Waals surface area contributed by atoms with Gasteiger partial charge in [0, 0.05) is 27.1 Å². The Hall–Kier alpha value is -3.05. The fourth-order valence-electron chi connectivity index (χ4n) is 2.91. The third-order valence-corrected chi connectivity index (χ3v) is 4.08. The Morgan fingerprint density at radius 2 is 1.30 bits per heavy atom. The predicted octanol–water partition coefficient (Wildman–Crippen LogP) is 3.86. The molecule has 1 N–H and O–H groups in total. The summed E-state index contributed by atoms with van der Waals surface area (Å²) in [5, 5.41) is 12.8. The van der Waals surface area contributed by atoms with Gasteiger partial charge in [-0.3, -0.25) is 0 Å². The molecule has 0 aliphatic rings. The van der Waals surface area contributed by atoms with Crippen LogP contribution in [0.15, 0.2) is 60.7 Å². The molecule has 0 aliphatic heterocycles. The van der Waals surface area contributed by atoms with Gasteiger partial charge in [0.05, 0.1) is 6.61 Å². The van der Waals surface area contributed by atoms with Crippen molar-refractivity contribution in [1.82, 2.24) is 0 Å². The monoisotopic (exact) mass is 366 g/mol. The lowest BCUT2D eigenvalue weighted by Gasteiger charge is -2.17. The minimum absolute atomic E-state index is 0.0605. The van der Waals surface area contributed by atoms with Gasteiger partial charge in [0.15, 0.2) is 0 Å². The zero-order chi connectivity index (χ0) is 19.2. The molecule has 0 aliphatic carbocycles. The number of rotatable bonds is 8. The SMILES string of the molecule is C=C(C)C(=O)OCCOc1c2ccccc2c(OCCO)c2ccccc12. The third-order valence-electron chi connectivity index (χ3n) is 4.08. The number of hydrogen-bond acceptors (Lipinski definition) is 5. The highest BCUT2D eigenvalue weighted by Gasteiger charge is 2.15. The first-order valence-electron chi connectivity index (χ1n) is 8.76. The van der Waals surface area contributed by atoms with E-state index in [-0.39, 0.29) is 26.4 Å². The van der Waals surface area contributed by atoms with Crippen LogP contribution in [-0.2, 0) is 9.53 Å². The lowest BCUT2D eigenvalue weighted by atomic mass is 10.0. The van der Waals surface area contributed by atoms with Gasteiger partial charge >= 0.3 is 5.97 Å². The summed E-state index contributed by atoms with van der Waals surface area (Å²) >= 11 is 0. The van der Waals surface area contributed by atoms with E-state index < -0.39 is 5.97 Å². The second kappa shape index (κ2) is 8.56. The van der Waals surface area contributed by atoms with Crippen molar-refractivity contribution >= 4 is 27.5 Å². The number of ether oxygens (including phenoxy) is 3. The van der Waals surface area contributed by atoms with Crippen LogP contribution in [0.5, 0.6) is 11.5 Å². The second-order valence-corrected chi connectivity index (χ2v) is 6.09. The van der Waals surface area contributed by atoms with Crippen LogP contribution >= 0.6 is 0 Å². The Morgan fingerprint density at radius 1 is 0.852 bits per heavy atom. The summed E-state index contributed by atoms with van der Waals surface area (Å²) in [4.78, 5) is 11.5. The molecule has 0 fully saturated rings. The molecule has 0 heterocycles. The number of aliphatic hydroxyl groups is 1. The molecule has 27 heavy (non-hydrogen) atoms. The molecule has 0 amide bonds. The Balaban J connectivity index is 1.98. The van der Waals surface area contributed by atoms with E-state index in [9.17, 15) is 4.79 Å². The van der Waals surface area contributed by atoms with Gasteiger partial charge in [0.25, 0.3) is 0 Å². The number of fused-ring (bicyclic) bond motifs is 2. The summed E-state index contributed by atoms with van der Waals surface area (Å²) in [5.41, 5.74) is 0.358. The minimum Gasteiger partial charge on any atom is -0.490 e. The Kier molecular flexibility index (Phi) is 5.94. The maximum Gasteiger partial charge on any atom is 0.333 e. The zero-order valence-corrected chi connectivity index (χ0v) is 15.2. The highest BCUT2D eigenvalue weighted by atomic mass is 16.6. The Morgan fingerprint density at radius 3 is 1.70 bits per heavy atom. The molecule has 0 radical (unpaired) electrons. The highest BCUT2D eigenvalue weighted by molar-refractivity contribution is 6.11. The van der Waals surface area contributed by atoms with E-state index >= 15 is 0 Å². The van der Waals surface area contributed by atoms with Crippen LogP contribution in [0, 0.1) is 0 Å². The van der Waals surface area contributed by atoms with Crippen molar-refractivity contribution in [2.24, 2.45) is 0 Å². The number of carbonyl (C=O) groups is 1. The van der Waals surface area contributed by atoms with E-state index in [1.54, 1.807) is 6.92 Å². The van der Waals surface area contributed by atoms with Gasteiger partial charge < -0.3 is 19.3 Å². The molecule has 3 aromatic rings. The molecule has 0 atom stereocenters. The van der Waals surface area contributed by atoms with Crippen LogP contribution in [0.25, 0.3) is 21.5 Å². The molecule has 5 heteroatoms. The molecule has 0 bridgehead atoms. The lowest BCUT2D eigenvalue weighted by Crippen LogP contribution is -2.12. The number of benzene rings is 3. The number of hydrogen-bond donors (Lipinski definition) is 1. The van der Waals surface area contributed by atoms with Gasteiger partial charge in [0.2, 0.25) is 0 Å². The fourth-order valence-corrected chi connectivity index (χ4v) is 2.91. The second-order valence-electron chi connectivity index (χ2n) is 6.09. The third kappa shape index (κ3) is 4.04. The number of carbonyl (C=O) groups excluding carboxylic acids is 1. The minimum atomic E-state index is -0.430. The maximum atomic E-state index is 11.5. The highest BCUT2D eigenvalue weighted by Crippen LogP contribution is 2.42. The zero-order valence-electron chi connectivity index (χ0n) is 15.2. The lowest BCUT2D eigenvalue weighted by molar-refractivity contribution is -0.139. The standard InChI is InChI=1S/C22H22O5/c1-15(2)22(24)27-14-13-26-21-18-9-5-3-7-16(18)20(25-12-11-23)17-8-4-6-10-19(17)21/h3-10,23H,1,11-14H2,2H3. The quantitative estimate of drug-likeness (QED) is 0.284. The van der Waals surface area contributed by atoms with E-state index in [1.807, 2.05) is 48.5 Å². The van der Waals surface area contributed by atoms with Crippen LogP contribution in [-0.4, -0.2) is 37.5 Å².